The maximum atomic E-state index is 11.7. The van der Waals surface area contributed by atoms with Gasteiger partial charge in [-0.15, -0.1) is 0 Å². The fourth-order valence-corrected chi connectivity index (χ4v) is 1.43. The molecule has 0 radical (unpaired) electrons. The normalized spacial score (nSPS) is 10.8. The molecular weight excluding hydrogens is 204 g/mol. The third-order valence-corrected chi connectivity index (χ3v) is 2.44. The highest BCUT2D eigenvalue weighted by atomic mass is 16.5. The van der Waals surface area contributed by atoms with E-state index in [2.05, 4.69) is 19.0 Å². The molecule has 0 spiro atoms. The van der Waals surface area contributed by atoms with Crippen molar-refractivity contribution in [2.75, 3.05) is 7.05 Å². The Labute approximate surface area is 96.6 Å². The third kappa shape index (κ3) is 4.04. The second-order valence-corrected chi connectivity index (χ2v) is 4.61. The highest BCUT2D eigenvalue weighted by Gasteiger charge is 2.11. The van der Waals surface area contributed by atoms with Gasteiger partial charge in [-0.1, -0.05) is 19.0 Å². The van der Waals surface area contributed by atoms with Gasteiger partial charge < -0.3 is 9.42 Å². The minimum atomic E-state index is 0.161. The van der Waals surface area contributed by atoms with Crippen LogP contribution in [0.3, 0.4) is 0 Å². The molecule has 1 amide bonds. The van der Waals surface area contributed by atoms with E-state index in [4.69, 9.17) is 4.52 Å². The Balaban J connectivity index is 2.39. The molecule has 0 atom stereocenters. The van der Waals surface area contributed by atoms with Crippen LogP contribution in [-0.4, -0.2) is 23.0 Å². The van der Waals surface area contributed by atoms with Crippen molar-refractivity contribution in [3.8, 4) is 0 Å². The van der Waals surface area contributed by atoms with Gasteiger partial charge in [-0.2, -0.15) is 0 Å². The third-order valence-electron chi connectivity index (χ3n) is 2.44. The lowest BCUT2D eigenvalue weighted by atomic mass is 10.1. The molecule has 0 aliphatic heterocycles. The van der Waals surface area contributed by atoms with Crippen molar-refractivity contribution in [1.29, 1.82) is 0 Å². The van der Waals surface area contributed by atoms with E-state index < -0.39 is 0 Å². The minimum absolute atomic E-state index is 0.161. The van der Waals surface area contributed by atoms with Crippen LogP contribution in [0.4, 0.5) is 0 Å². The van der Waals surface area contributed by atoms with Crippen molar-refractivity contribution in [2.45, 2.75) is 40.2 Å². The van der Waals surface area contributed by atoms with E-state index in [0.29, 0.717) is 18.9 Å². The maximum absolute atomic E-state index is 11.7. The van der Waals surface area contributed by atoms with Crippen LogP contribution < -0.4 is 0 Å². The zero-order valence-corrected chi connectivity index (χ0v) is 10.5. The highest BCUT2D eigenvalue weighted by molar-refractivity contribution is 5.75. The molecule has 0 fully saturated rings. The number of carbonyl (C=O) groups is 1. The predicted molar refractivity (Wildman–Crippen MR) is 61.8 cm³/mol. The molecule has 1 heterocycles. The van der Waals surface area contributed by atoms with Crippen LogP contribution in [0.15, 0.2) is 10.6 Å². The van der Waals surface area contributed by atoms with Crippen LogP contribution in [0.2, 0.25) is 0 Å². The van der Waals surface area contributed by atoms with E-state index in [1.165, 1.54) is 0 Å². The minimum Gasteiger partial charge on any atom is -0.361 e. The van der Waals surface area contributed by atoms with Gasteiger partial charge in [-0.3, -0.25) is 4.79 Å². The summed E-state index contributed by atoms with van der Waals surface area (Å²) in [6.45, 7) is 6.61. The van der Waals surface area contributed by atoms with Crippen molar-refractivity contribution in [1.82, 2.24) is 10.1 Å². The number of aromatic nitrogens is 1. The first-order valence-electron chi connectivity index (χ1n) is 5.65. The largest absolute Gasteiger partial charge is 0.361 e. The summed E-state index contributed by atoms with van der Waals surface area (Å²) in [6, 6.07) is 1.85. The molecule has 16 heavy (non-hydrogen) atoms. The number of carbonyl (C=O) groups excluding carboxylic acids is 1. The van der Waals surface area contributed by atoms with E-state index in [-0.39, 0.29) is 5.91 Å². The number of amides is 1. The van der Waals surface area contributed by atoms with Gasteiger partial charge >= 0.3 is 0 Å². The number of rotatable bonds is 5. The molecule has 0 aliphatic rings. The monoisotopic (exact) mass is 224 g/mol. The first-order valence-corrected chi connectivity index (χ1v) is 5.65. The lowest BCUT2D eigenvalue weighted by Crippen LogP contribution is -2.26. The Hall–Kier alpha value is -1.32. The van der Waals surface area contributed by atoms with Crippen molar-refractivity contribution < 1.29 is 9.32 Å². The summed E-state index contributed by atoms with van der Waals surface area (Å²) in [5.74, 6) is 1.50. The number of hydrogen-bond acceptors (Lipinski definition) is 3. The first-order chi connectivity index (χ1) is 7.49. The summed E-state index contributed by atoms with van der Waals surface area (Å²) in [4.78, 5) is 13.4. The topological polar surface area (TPSA) is 46.3 Å². The standard InChI is InChI=1S/C12H20N2O2/c1-9(2)5-6-12(15)14(4)8-11-7-10(3)16-13-11/h7,9H,5-6,8H2,1-4H3. The highest BCUT2D eigenvalue weighted by Crippen LogP contribution is 2.09. The van der Waals surface area contributed by atoms with Gasteiger partial charge in [0.2, 0.25) is 5.91 Å². The van der Waals surface area contributed by atoms with Gasteiger partial charge in [0, 0.05) is 19.5 Å². The van der Waals surface area contributed by atoms with Crippen LogP contribution in [0.25, 0.3) is 0 Å². The Bertz CT molecular complexity index is 345. The molecule has 0 unspecified atom stereocenters. The quantitative estimate of drug-likeness (QED) is 0.771. The number of hydrogen-bond donors (Lipinski definition) is 0. The summed E-state index contributed by atoms with van der Waals surface area (Å²) >= 11 is 0. The lowest BCUT2D eigenvalue weighted by Gasteiger charge is -2.16. The molecular formula is C12H20N2O2. The molecule has 1 aromatic rings. The van der Waals surface area contributed by atoms with Gasteiger partial charge in [-0.05, 0) is 19.3 Å². The zero-order chi connectivity index (χ0) is 12.1. The van der Waals surface area contributed by atoms with Crippen molar-refractivity contribution in [2.24, 2.45) is 5.92 Å². The number of nitrogens with zero attached hydrogens (tertiary/aromatic N) is 2. The van der Waals surface area contributed by atoms with Gasteiger partial charge in [0.15, 0.2) is 0 Å². The summed E-state index contributed by atoms with van der Waals surface area (Å²) < 4.78 is 4.96. The van der Waals surface area contributed by atoms with Crippen LogP contribution >= 0.6 is 0 Å². The van der Waals surface area contributed by atoms with Crippen LogP contribution in [-0.2, 0) is 11.3 Å². The lowest BCUT2D eigenvalue weighted by molar-refractivity contribution is -0.130. The fraction of sp³-hybridized carbons (Fsp3) is 0.667. The maximum Gasteiger partial charge on any atom is 0.222 e. The van der Waals surface area contributed by atoms with E-state index in [9.17, 15) is 4.79 Å². The van der Waals surface area contributed by atoms with Crippen molar-refractivity contribution >= 4 is 5.91 Å². The van der Waals surface area contributed by atoms with Gasteiger partial charge in [-0.25, -0.2) is 0 Å². The van der Waals surface area contributed by atoms with Crippen LogP contribution in [0.1, 0.15) is 38.1 Å². The van der Waals surface area contributed by atoms with E-state index in [1.54, 1.807) is 11.9 Å². The first kappa shape index (κ1) is 12.7. The Morgan fingerprint density at radius 1 is 1.56 bits per heavy atom. The molecule has 0 saturated carbocycles. The summed E-state index contributed by atoms with van der Waals surface area (Å²) in [5, 5.41) is 3.86. The van der Waals surface area contributed by atoms with E-state index in [0.717, 1.165) is 17.9 Å². The van der Waals surface area contributed by atoms with Crippen molar-refractivity contribution in [3.05, 3.63) is 17.5 Å². The molecule has 4 heteroatoms. The molecule has 0 aromatic carbocycles. The fourth-order valence-electron chi connectivity index (χ4n) is 1.43. The summed E-state index contributed by atoms with van der Waals surface area (Å²) in [5.41, 5.74) is 0.804. The van der Waals surface area contributed by atoms with Crippen LogP contribution in [0, 0.1) is 12.8 Å². The Morgan fingerprint density at radius 3 is 2.75 bits per heavy atom. The Morgan fingerprint density at radius 2 is 2.25 bits per heavy atom. The van der Waals surface area contributed by atoms with Crippen LogP contribution in [0.5, 0.6) is 0 Å². The molecule has 0 aliphatic carbocycles. The van der Waals surface area contributed by atoms with Crippen molar-refractivity contribution in [3.63, 3.8) is 0 Å². The number of aryl methyl sites for hydroxylation is 1. The molecule has 1 rings (SSSR count). The van der Waals surface area contributed by atoms with Gasteiger partial charge in [0.1, 0.15) is 11.5 Å². The average molecular weight is 224 g/mol. The molecule has 1 aromatic heterocycles. The SMILES string of the molecule is Cc1cc(CN(C)C(=O)CCC(C)C)no1. The molecule has 0 bridgehead atoms. The summed E-state index contributed by atoms with van der Waals surface area (Å²) in [7, 11) is 1.80. The van der Waals surface area contributed by atoms with Gasteiger partial charge in [0.25, 0.3) is 0 Å². The zero-order valence-electron chi connectivity index (χ0n) is 10.5. The van der Waals surface area contributed by atoms with E-state index in [1.807, 2.05) is 13.0 Å². The average Bonchev–Trinajstić information content (AvgIpc) is 2.60. The second kappa shape index (κ2) is 5.68. The smallest absolute Gasteiger partial charge is 0.222 e. The Kier molecular flexibility index (Phi) is 4.52. The molecule has 90 valence electrons. The summed E-state index contributed by atoms with van der Waals surface area (Å²) in [6.07, 6.45) is 1.53. The molecule has 0 N–H and O–H groups in total. The van der Waals surface area contributed by atoms with Gasteiger partial charge in [0.05, 0.1) is 6.54 Å². The molecule has 4 nitrogen and oxygen atoms in total. The van der Waals surface area contributed by atoms with E-state index >= 15 is 0 Å². The molecule has 0 saturated heterocycles. The predicted octanol–water partition coefficient (Wildman–Crippen LogP) is 2.38. The second-order valence-electron chi connectivity index (χ2n) is 4.61.